The summed E-state index contributed by atoms with van der Waals surface area (Å²) >= 11 is 0. The van der Waals surface area contributed by atoms with E-state index in [4.69, 9.17) is 4.42 Å². The number of aromatic nitrogens is 2. The van der Waals surface area contributed by atoms with Crippen molar-refractivity contribution in [3.8, 4) is 0 Å². The Bertz CT molecular complexity index is 968. The molecular weight excluding hydrogens is 382 g/mol. The summed E-state index contributed by atoms with van der Waals surface area (Å²) in [4.78, 5) is 14.0. The second kappa shape index (κ2) is 7.51. The van der Waals surface area contributed by atoms with E-state index in [9.17, 15) is 13.2 Å². The second-order valence-electron chi connectivity index (χ2n) is 7.23. The number of carbonyl (C=O) groups excluding carboxylic acids is 1. The maximum absolute atomic E-state index is 12.7. The van der Waals surface area contributed by atoms with Gasteiger partial charge in [0.1, 0.15) is 0 Å². The van der Waals surface area contributed by atoms with Crippen molar-refractivity contribution in [2.45, 2.75) is 37.5 Å². The molecule has 150 valence electrons. The van der Waals surface area contributed by atoms with Crippen molar-refractivity contribution in [1.82, 2.24) is 20.4 Å². The van der Waals surface area contributed by atoms with E-state index in [-0.39, 0.29) is 24.2 Å². The van der Waals surface area contributed by atoms with Crippen LogP contribution in [-0.2, 0) is 10.0 Å². The average Bonchev–Trinajstić information content (AvgIpc) is 3.42. The molecule has 2 aromatic rings. The number of amides is 1. The minimum atomic E-state index is -3.58. The number of carbonyl (C=O) groups is 1. The first-order valence-electron chi connectivity index (χ1n) is 9.37. The topological polar surface area (TPSA) is 117 Å². The van der Waals surface area contributed by atoms with Gasteiger partial charge in [-0.05, 0) is 37.8 Å². The number of sulfonamides is 1. The van der Waals surface area contributed by atoms with E-state index in [0.29, 0.717) is 25.2 Å². The highest BCUT2D eigenvalue weighted by Crippen LogP contribution is 2.28. The number of hydrogen-bond donors (Lipinski definition) is 2. The Balaban J connectivity index is 1.42. The normalized spacial score (nSPS) is 22.5. The van der Waals surface area contributed by atoms with Crippen LogP contribution < -0.4 is 10.0 Å². The van der Waals surface area contributed by atoms with Gasteiger partial charge in [-0.1, -0.05) is 18.2 Å². The summed E-state index contributed by atoms with van der Waals surface area (Å²) in [6, 6.07) is 6.84. The van der Waals surface area contributed by atoms with Crippen LogP contribution in [0.15, 0.2) is 28.7 Å². The molecule has 4 rings (SSSR count). The lowest BCUT2D eigenvalue weighted by Gasteiger charge is -2.14. The van der Waals surface area contributed by atoms with Crippen molar-refractivity contribution in [3.63, 3.8) is 0 Å². The number of para-hydroxylation sites is 1. The van der Waals surface area contributed by atoms with Crippen molar-refractivity contribution in [2.75, 3.05) is 24.4 Å². The molecule has 0 radical (unpaired) electrons. The van der Waals surface area contributed by atoms with E-state index >= 15 is 0 Å². The summed E-state index contributed by atoms with van der Waals surface area (Å²) in [6.45, 7) is 3.51. The van der Waals surface area contributed by atoms with Crippen LogP contribution in [0.3, 0.4) is 0 Å². The average molecular weight is 405 g/mol. The van der Waals surface area contributed by atoms with Crippen molar-refractivity contribution < 1.29 is 17.6 Å². The van der Waals surface area contributed by atoms with Gasteiger partial charge in [-0.25, -0.2) is 8.42 Å². The fourth-order valence-corrected chi connectivity index (χ4v) is 5.03. The largest absolute Gasteiger partial charge is 0.415 e. The number of nitrogens with one attached hydrogen (secondary N) is 2. The molecule has 0 aliphatic carbocycles. The highest BCUT2D eigenvalue weighted by Gasteiger charge is 2.38. The summed E-state index contributed by atoms with van der Waals surface area (Å²) < 4.78 is 33.7. The molecule has 2 atom stereocenters. The fraction of sp³-hybridized carbons (Fsp3) is 0.500. The summed E-state index contributed by atoms with van der Waals surface area (Å²) in [6.07, 6.45) is 2.25. The Kier molecular flexibility index (Phi) is 5.07. The van der Waals surface area contributed by atoms with E-state index in [1.807, 2.05) is 19.1 Å². The Morgan fingerprint density at radius 1 is 1.25 bits per heavy atom. The van der Waals surface area contributed by atoms with E-state index in [0.717, 1.165) is 18.4 Å². The molecule has 1 aromatic carbocycles. The molecule has 9 nitrogen and oxygen atoms in total. The van der Waals surface area contributed by atoms with Crippen LogP contribution in [0.5, 0.6) is 0 Å². The van der Waals surface area contributed by atoms with Crippen LogP contribution in [-0.4, -0.2) is 54.3 Å². The molecule has 2 aliphatic rings. The molecule has 2 fully saturated rings. The van der Waals surface area contributed by atoms with Crippen molar-refractivity contribution in [3.05, 3.63) is 41.6 Å². The first kappa shape index (κ1) is 18.9. The fourth-order valence-electron chi connectivity index (χ4n) is 3.57. The molecule has 10 heteroatoms. The Hall–Kier alpha value is -2.46. The predicted molar refractivity (Wildman–Crippen MR) is 102 cm³/mol. The molecule has 0 saturated carbocycles. The van der Waals surface area contributed by atoms with Gasteiger partial charge in [0.25, 0.3) is 0 Å². The van der Waals surface area contributed by atoms with Crippen LogP contribution in [0.25, 0.3) is 0 Å². The summed E-state index contributed by atoms with van der Waals surface area (Å²) in [5.41, 5.74) is 1.43. The van der Waals surface area contributed by atoms with E-state index < -0.39 is 21.3 Å². The quantitative estimate of drug-likeness (QED) is 0.773. The van der Waals surface area contributed by atoms with E-state index in [1.54, 1.807) is 17.0 Å². The number of aryl methyl sites for hydroxylation is 1. The lowest BCUT2D eigenvalue weighted by atomic mass is 10.2. The number of likely N-dealkylation sites (tertiary alicyclic amines) is 1. The standard InChI is InChI=1S/C18H23N5O4S/c1-12-6-2-3-7-14(12)22-28(25,26)13-10-15(19-11-13)16-20-21-17(27-16)18(24)23-8-4-5-9-23/h2-3,6-7,13,15,19,22H,4-5,8-11H2,1H3. The first-order valence-corrected chi connectivity index (χ1v) is 10.9. The zero-order valence-corrected chi connectivity index (χ0v) is 16.4. The van der Waals surface area contributed by atoms with Crippen molar-refractivity contribution in [1.29, 1.82) is 0 Å². The van der Waals surface area contributed by atoms with Gasteiger partial charge in [-0.3, -0.25) is 9.52 Å². The number of rotatable bonds is 5. The molecule has 0 spiro atoms. The molecule has 1 aromatic heterocycles. The van der Waals surface area contributed by atoms with Gasteiger partial charge in [0, 0.05) is 19.6 Å². The van der Waals surface area contributed by atoms with Gasteiger partial charge in [0.05, 0.1) is 17.0 Å². The summed E-state index contributed by atoms with van der Waals surface area (Å²) in [5.74, 6) is -0.0566. The van der Waals surface area contributed by atoms with E-state index in [2.05, 4.69) is 20.2 Å². The smallest absolute Gasteiger partial charge is 0.311 e. The Morgan fingerprint density at radius 3 is 2.75 bits per heavy atom. The van der Waals surface area contributed by atoms with Crippen LogP contribution in [0, 0.1) is 6.92 Å². The molecule has 28 heavy (non-hydrogen) atoms. The minimum Gasteiger partial charge on any atom is -0.415 e. The second-order valence-corrected chi connectivity index (χ2v) is 9.19. The molecular formula is C18H23N5O4S. The lowest BCUT2D eigenvalue weighted by Crippen LogP contribution is -2.29. The first-order chi connectivity index (χ1) is 13.4. The monoisotopic (exact) mass is 405 g/mol. The zero-order valence-electron chi connectivity index (χ0n) is 15.6. The van der Waals surface area contributed by atoms with Gasteiger partial charge in [-0.15, -0.1) is 10.2 Å². The van der Waals surface area contributed by atoms with Crippen molar-refractivity contribution in [2.24, 2.45) is 0 Å². The zero-order chi connectivity index (χ0) is 19.7. The van der Waals surface area contributed by atoms with E-state index in [1.165, 1.54) is 0 Å². The highest BCUT2D eigenvalue weighted by molar-refractivity contribution is 7.93. The summed E-state index contributed by atoms with van der Waals surface area (Å²) in [5, 5.41) is 10.3. The van der Waals surface area contributed by atoms with Gasteiger partial charge in [-0.2, -0.15) is 0 Å². The van der Waals surface area contributed by atoms with Crippen molar-refractivity contribution >= 4 is 21.6 Å². The highest BCUT2D eigenvalue weighted by atomic mass is 32.2. The van der Waals surface area contributed by atoms with Gasteiger partial charge < -0.3 is 14.6 Å². The number of hydrogen-bond acceptors (Lipinski definition) is 7. The summed E-state index contributed by atoms with van der Waals surface area (Å²) in [7, 11) is -3.58. The number of nitrogens with zero attached hydrogens (tertiary/aromatic N) is 3. The molecule has 1 amide bonds. The van der Waals surface area contributed by atoms with Crippen LogP contribution in [0.1, 0.15) is 47.4 Å². The molecule has 2 saturated heterocycles. The van der Waals surface area contributed by atoms with Gasteiger partial charge in [0.2, 0.25) is 15.9 Å². The number of anilines is 1. The minimum absolute atomic E-state index is 0.0388. The SMILES string of the molecule is Cc1ccccc1NS(=O)(=O)C1CNC(c2nnc(C(=O)N3CCCC3)o2)C1. The Labute approximate surface area is 163 Å². The third-order valence-electron chi connectivity index (χ3n) is 5.24. The predicted octanol–water partition coefficient (Wildman–Crippen LogP) is 1.46. The van der Waals surface area contributed by atoms with Gasteiger partial charge in [0.15, 0.2) is 0 Å². The van der Waals surface area contributed by atoms with Crippen LogP contribution >= 0.6 is 0 Å². The molecule has 2 N–H and O–H groups in total. The Morgan fingerprint density at radius 2 is 2.00 bits per heavy atom. The molecule has 3 heterocycles. The number of benzene rings is 1. The van der Waals surface area contributed by atoms with Crippen LogP contribution in [0.4, 0.5) is 5.69 Å². The third-order valence-corrected chi connectivity index (χ3v) is 6.98. The molecule has 0 bridgehead atoms. The maximum atomic E-state index is 12.7. The molecule has 2 unspecified atom stereocenters. The lowest BCUT2D eigenvalue weighted by molar-refractivity contribution is 0.0750. The van der Waals surface area contributed by atoms with Crippen LogP contribution in [0.2, 0.25) is 0 Å². The van der Waals surface area contributed by atoms with Gasteiger partial charge >= 0.3 is 11.8 Å². The third kappa shape index (κ3) is 3.74. The molecule has 2 aliphatic heterocycles. The maximum Gasteiger partial charge on any atom is 0.311 e.